The molecular formula is C20H22N2O5S. The summed E-state index contributed by atoms with van der Waals surface area (Å²) in [5, 5.41) is 8.66. The quantitative estimate of drug-likeness (QED) is 0.389. The van der Waals surface area contributed by atoms with Crippen molar-refractivity contribution in [1.82, 2.24) is 10.2 Å². The molecule has 0 aliphatic rings. The number of thioether (sulfide) groups is 1. The SMILES string of the molecule is COc1cc(-c2nnc(SCCOc3ccc(C)cc3)o2)cc(OC)c1OC. The molecule has 0 saturated heterocycles. The van der Waals surface area contributed by atoms with Crippen molar-refractivity contribution in [3.63, 3.8) is 0 Å². The number of benzene rings is 2. The second-order valence-electron chi connectivity index (χ2n) is 5.80. The van der Waals surface area contributed by atoms with Gasteiger partial charge < -0.3 is 23.4 Å². The van der Waals surface area contributed by atoms with E-state index in [0.717, 1.165) is 5.75 Å². The van der Waals surface area contributed by atoms with Crippen molar-refractivity contribution < 1.29 is 23.4 Å². The Bertz CT molecular complexity index is 886. The Kier molecular flexibility index (Phi) is 6.65. The van der Waals surface area contributed by atoms with Gasteiger partial charge in [-0.15, -0.1) is 10.2 Å². The van der Waals surface area contributed by atoms with E-state index in [2.05, 4.69) is 10.2 Å². The van der Waals surface area contributed by atoms with Crippen LogP contribution in [0.3, 0.4) is 0 Å². The van der Waals surface area contributed by atoms with E-state index in [-0.39, 0.29) is 0 Å². The molecule has 0 amide bonds. The van der Waals surface area contributed by atoms with Gasteiger partial charge in [0.05, 0.1) is 27.9 Å². The van der Waals surface area contributed by atoms with Gasteiger partial charge in [-0.3, -0.25) is 0 Å². The van der Waals surface area contributed by atoms with Gasteiger partial charge in [-0.05, 0) is 31.2 Å². The highest BCUT2D eigenvalue weighted by Gasteiger charge is 2.17. The molecule has 8 heteroatoms. The van der Waals surface area contributed by atoms with E-state index < -0.39 is 0 Å². The number of hydrogen-bond donors (Lipinski definition) is 0. The zero-order chi connectivity index (χ0) is 19.9. The van der Waals surface area contributed by atoms with Gasteiger partial charge in [0, 0.05) is 11.3 Å². The van der Waals surface area contributed by atoms with Crippen LogP contribution in [0.1, 0.15) is 5.56 Å². The molecule has 2 aromatic carbocycles. The molecule has 1 heterocycles. The summed E-state index contributed by atoms with van der Waals surface area (Å²) in [5.74, 6) is 3.46. The van der Waals surface area contributed by atoms with E-state index in [1.807, 2.05) is 31.2 Å². The Morgan fingerprint density at radius 1 is 0.929 bits per heavy atom. The Hall–Kier alpha value is -2.87. The minimum Gasteiger partial charge on any atom is -0.493 e. The molecule has 0 N–H and O–H groups in total. The molecule has 0 aliphatic carbocycles. The van der Waals surface area contributed by atoms with E-state index in [1.165, 1.54) is 17.3 Å². The van der Waals surface area contributed by atoms with E-state index in [0.29, 0.717) is 46.3 Å². The first kappa shape index (κ1) is 19.9. The lowest BCUT2D eigenvalue weighted by Crippen LogP contribution is -1.99. The monoisotopic (exact) mass is 402 g/mol. The molecule has 0 saturated carbocycles. The number of aromatic nitrogens is 2. The zero-order valence-corrected chi connectivity index (χ0v) is 17.0. The third kappa shape index (κ3) is 4.69. The lowest BCUT2D eigenvalue weighted by atomic mass is 10.2. The number of hydrogen-bond acceptors (Lipinski definition) is 8. The fourth-order valence-corrected chi connectivity index (χ4v) is 3.09. The van der Waals surface area contributed by atoms with E-state index in [1.54, 1.807) is 33.5 Å². The van der Waals surface area contributed by atoms with Gasteiger partial charge in [-0.2, -0.15) is 0 Å². The van der Waals surface area contributed by atoms with Crippen molar-refractivity contribution >= 4 is 11.8 Å². The molecular weight excluding hydrogens is 380 g/mol. The maximum absolute atomic E-state index is 5.74. The second kappa shape index (κ2) is 9.36. The first-order chi connectivity index (χ1) is 13.6. The third-order valence-corrected chi connectivity index (χ3v) is 4.70. The molecule has 0 radical (unpaired) electrons. The van der Waals surface area contributed by atoms with Gasteiger partial charge in [0.1, 0.15) is 5.75 Å². The van der Waals surface area contributed by atoms with E-state index in [9.17, 15) is 0 Å². The molecule has 0 fully saturated rings. The molecule has 0 atom stereocenters. The molecule has 1 aromatic heterocycles. The fraction of sp³-hybridized carbons (Fsp3) is 0.300. The van der Waals surface area contributed by atoms with Crippen LogP contribution in [0, 0.1) is 6.92 Å². The third-order valence-electron chi connectivity index (χ3n) is 3.92. The minimum absolute atomic E-state index is 0.376. The van der Waals surface area contributed by atoms with Gasteiger partial charge in [-0.1, -0.05) is 29.5 Å². The van der Waals surface area contributed by atoms with Crippen molar-refractivity contribution in [2.24, 2.45) is 0 Å². The van der Waals surface area contributed by atoms with Crippen LogP contribution in [0.25, 0.3) is 11.5 Å². The van der Waals surface area contributed by atoms with Crippen molar-refractivity contribution in [3.05, 3.63) is 42.0 Å². The van der Waals surface area contributed by atoms with Crippen molar-refractivity contribution in [2.75, 3.05) is 33.7 Å². The Labute approximate surface area is 168 Å². The van der Waals surface area contributed by atoms with Gasteiger partial charge in [0.2, 0.25) is 11.6 Å². The maximum Gasteiger partial charge on any atom is 0.276 e. The molecule has 0 spiro atoms. The molecule has 0 aliphatic heterocycles. The standard InChI is InChI=1S/C20H22N2O5S/c1-13-5-7-15(8-6-13)26-9-10-28-20-22-21-19(27-20)14-11-16(23-2)18(25-4)17(12-14)24-3/h5-8,11-12H,9-10H2,1-4H3. The first-order valence-electron chi connectivity index (χ1n) is 8.60. The lowest BCUT2D eigenvalue weighted by molar-refractivity contribution is 0.324. The number of ether oxygens (including phenoxy) is 4. The highest BCUT2D eigenvalue weighted by atomic mass is 32.2. The fourth-order valence-electron chi connectivity index (χ4n) is 2.51. The number of nitrogens with zero attached hydrogens (tertiary/aromatic N) is 2. The van der Waals surface area contributed by atoms with Crippen LogP contribution in [0.2, 0.25) is 0 Å². The average Bonchev–Trinajstić information content (AvgIpc) is 3.20. The van der Waals surface area contributed by atoms with Crippen molar-refractivity contribution in [3.8, 4) is 34.5 Å². The summed E-state index contributed by atoms with van der Waals surface area (Å²) in [6, 6.07) is 11.5. The summed E-state index contributed by atoms with van der Waals surface area (Å²) in [6.45, 7) is 2.58. The van der Waals surface area contributed by atoms with E-state index in [4.69, 9.17) is 23.4 Å². The first-order valence-corrected chi connectivity index (χ1v) is 9.59. The topological polar surface area (TPSA) is 75.8 Å². The van der Waals surface area contributed by atoms with Crippen LogP contribution < -0.4 is 18.9 Å². The van der Waals surface area contributed by atoms with Crippen LogP contribution in [0.4, 0.5) is 0 Å². The van der Waals surface area contributed by atoms with Gasteiger partial charge in [0.25, 0.3) is 5.22 Å². The van der Waals surface area contributed by atoms with Crippen molar-refractivity contribution in [2.45, 2.75) is 12.1 Å². The van der Waals surface area contributed by atoms with Crippen LogP contribution in [-0.2, 0) is 0 Å². The highest BCUT2D eigenvalue weighted by Crippen LogP contribution is 2.41. The lowest BCUT2D eigenvalue weighted by Gasteiger charge is -2.12. The van der Waals surface area contributed by atoms with Crippen LogP contribution >= 0.6 is 11.8 Å². The highest BCUT2D eigenvalue weighted by molar-refractivity contribution is 7.99. The van der Waals surface area contributed by atoms with Crippen LogP contribution in [0.5, 0.6) is 23.0 Å². The number of aryl methyl sites for hydroxylation is 1. The Morgan fingerprint density at radius 3 is 2.21 bits per heavy atom. The largest absolute Gasteiger partial charge is 0.493 e. The summed E-state index contributed by atoms with van der Waals surface area (Å²) in [6.07, 6.45) is 0. The van der Waals surface area contributed by atoms with Gasteiger partial charge >= 0.3 is 0 Å². The Morgan fingerprint density at radius 2 is 1.61 bits per heavy atom. The molecule has 0 bridgehead atoms. The summed E-state index contributed by atoms with van der Waals surface area (Å²) in [4.78, 5) is 0. The molecule has 3 rings (SSSR count). The van der Waals surface area contributed by atoms with Gasteiger partial charge in [-0.25, -0.2) is 0 Å². The predicted octanol–water partition coefficient (Wildman–Crippen LogP) is 4.24. The molecule has 7 nitrogen and oxygen atoms in total. The smallest absolute Gasteiger partial charge is 0.276 e. The molecule has 0 unspecified atom stereocenters. The summed E-state index contributed by atoms with van der Waals surface area (Å²) >= 11 is 1.43. The zero-order valence-electron chi connectivity index (χ0n) is 16.2. The predicted molar refractivity (Wildman–Crippen MR) is 107 cm³/mol. The van der Waals surface area contributed by atoms with Gasteiger partial charge in [0.15, 0.2) is 11.5 Å². The molecule has 28 heavy (non-hydrogen) atoms. The second-order valence-corrected chi connectivity index (χ2v) is 6.84. The normalized spacial score (nSPS) is 10.6. The number of methoxy groups -OCH3 is 3. The number of rotatable bonds is 9. The molecule has 3 aromatic rings. The maximum atomic E-state index is 5.74. The summed E-state index contributed by atoms with van der Waals surface area (Å²) in [7, 11) is 4.68. The van der Waals surface area contributed by atoms with Crippen molar-refractivity contribution in [1.29, 1.82) is 0 Å². The minimum atomic E-state index is 0.376. The van der Waals surface area contributed by atoms with E-state index >= 15 is 0 Å². The summed E-state index contributed by atoms with van der Waals surface area (Å²) in [5.41, 5.74) is 1.89. The van der Waals surface area contributed by atoms with Crippen LogP contribution in [0.15, 0.2) is 46.0 Å². The van der Waals surface area contributed by atoms with Crippen LogP contribution in [-0.4, -0.2) is 43.9 Å². The molecule has 148 valence electrons. The summed E-state index contributed by atoms with van der Waals surface area (Å²) < 4.78 is 27.5. The Balaban J connectivity index is 1.63. The average molecular weight is 402 g/mol.